The van der Waals surface area contributed by atoms with E-state index in [1.54, 1.807) is 7.11 Å². The lowest BCUT2D eigenvalue weighted by atomic mass is 9.95. The molecule has 0 radical (unpaired) electrons. The largest absolute Gasteiger partial charge is 0.468 e. The van der Waals surface area contributed by atoms with Crippen molar-refractivity contribution in [2.75, 3.05) is 45.7 Å². The number of nitrogens with two attached hydrogens (primary N) is 1. The minimum absolute atomic E-state index is 0.0943. The molecule has 10 heteroatoms. The zero-order chi connectivity index (χ0) is 22.9. The molecule has 178 valence electrons. The fourth-order valence-electron chi connectivity index (χ4n) is 4.14. The first-order valence-corrected chi connectivity index (χ1v) is 11.6. The zero-order valence-corrected chi connectivity index (χ0v) is 19.5. The lowest BCUT2D eigenvalue weighted by molar-refractivity contribution is -0.144. The van der Waals surface area contributed by atoms with Crippen molar-refractivity contribution < 1.29 is 19.0 Å². The highest BCUT2D eigenvalue weighted by Gasteiger charge is 2.23. The predicted molar refractivity (Wildman–Crippen MR) is 122 cm³/mol. The van der Waals surface area contributed by atoms with Gasteiger partial charge in [-0.25, -0.2) is 0 Å². The number of ether oxygens (including phenoxy) is 3. The molecule has 2 N–H and O–H groups in total. The van der Waals surface area contributed by atoms with Gasteiger partial charge in [0.15, 0.2) is 17.0 Å². The van der Waals surface area contributed by atoms with Crippen LogP contribution in [0.1, 0.15) is 52.4 Å². The Labute approximate surface area is 189 Å². The first kappa shape index (κ1) is 24.0. The summed E-state index contributed by atoms with van der Waals surface area (Å²) < 4.78 is 18.2. The summed E-state index contributed by atoms with van der Waals surface area (Å²) in [5.74, 6) is 0.557. The van der Waals surface area contributed by atoms with Gasteiger partial charge in [0, 0.05) is 19.5 Å². The Balaban J connectivity index is 1.63. The summed E-state index contributed by atoms with van der Waals surface area (Å²) in [4.78, 5) is 27.5. The molecule has 1 aliphatic heterocycles. The molecule has 1 saturated heterocycles. The maximum atomic E-state index is 11.8. The molecule has 1 fully saturated rings. The number of imidazole rings is 1. The summed E-state index contributed by atoms with van der Waals surface area (Å²) in [5.41, 5.74) is 7.26. The van der Waals surface area contributed by atoms with Crippen LogP contribution in [-0.4, -0.2) is 70.3 Å². The van der Waals surface area contributed by atoms with Crippen LogP contribution >= 0.6 is 0 Å². The summed E-state index contributed by atoms with van der Waals surface area (Å²) >= 11 is 0. The highest BCUT2D eigenvalue weighted by molar-refractivity contribution is 5.83. The van der Waals surface area contributed by atoms with Crippen LogP contribution in [0.15, 0.2) is 0 Å². The van der Waals surface area contributed by atoms with Gasteiger partial charge in [0.05, 0.1) is 20.3 Å². The van der Waals surface area contributed by atoms with E-state index in [0.717, 1.165) is 51.7 Å². The van der Waals surface area contributed by atoms with Crippen LogP contribution in [0.4, 0.5) is 5.82 Å². The molecule has 3 heterocycles. The molecule has 0 aromatic carbocycles. The lowest BCUT2D eigenvalue weighted by Gasteiger charge is -2.32. The number of nitrogen functional groups attached to an aromatic ring is 1. The molecular formula is C22H36N6O4. The molecule has 0 saturated carbocycles. The lowest BCUT2D eigenvalue weighted by Crippen LogP contribution is -2.37. The number of hydrogen-bond donors (Lipinski definition) is 1. The van der Waals surface area contributed by atoms with Crippen molar-refractivity contribution in [1.29, 1.82) is 0 Å². The second-order valence-electron chi connectivity index (χ2n) is 8.19. The van der Waals surface area contributed by atoms with Crippen LogP contribution < -0.4 is 15.2 Å². The topological polar surface area (TPSA) is 118 Å². The Hall–Kier alpha value is -2.62. The van der Waals surface area contributed by atoms with Crippen LogP contribution in [0.2, 0.25) is 0 Å². The Morgan fingerprint density at radius 3 is 2.78 bits per heavy atom. The second kappa shape index (κ2) is 11.8. The van der Waals surface area contributed by atoms with Gasteiger partial charge in [-0.1, -0.05) is 13.3 Å². The second-order valence-corrected chi connectivity index (χ2v) is 8.19. The number of anilines is 1. The fourth-order valence-corrected chi connectivity index (χ4v) is 4.14. The van der Waals surface area contributed by atoms with Crippen molar-refractivity contribution in [3.63, 3.8) is 0 Å². The third-order valence-electron chi connectivity index (χ3n) is 5.70. The Kier molecular flexibility index (Phi) is 8.90. The molecule has 2 aromatic heterocycles. The molecular weight excluding hydrogens is 412 g/mol. The van der Waals surface area contributed by atoms with E-state index < -0.39 is 0 Å². The van der Waals surface area contributed by atoms with Gasteiger partial charge in [-0.3, -0.25) is 9.36 Å². The van der Waals surface area contributed by atoms with Crippen molar-refractivity contribution in [2.45, 2.75) is 58.9 Å². The first-order valence-electron chi connectivity index (χ1n) is 11.6. The molecule has 1 aliphatic rings. The number of likely N-dealkylation sites (tertiary alicyclic amines) is 1. The number of unbranched alkanes of at least 4 members (excludes halogenated alkanes) is 1. The first-order chi connectivity index (χ1) is 15.5. The maximum absolute atomic E-state index is 11.8. The van der Waals surface area contributed by atoms with Crippen LogP contribution in [0.25, 0.3) is 11.2 Å². The van der Waals surface area contributed by atoms with Crippen molar-refractivity contribution in [3.05, 3.63) is 0 Å². The van der Waals surface area contributed by atoms with Gasteiger partial charge in [-0.05, 0) is 51.6 Å². The summed E-state index contributed by atoms with van der Waals surface area (Å²) in [7, 11) is 1.59. The molecule has 1 unspecified atom stereocenters. The summed E-state index contributed by atoms with van der Waals surface area (Å²) in [6.07, 6.45) is 5.53. The summed E-state index contributed by atoms with van der Waals surface area (Å²) in [6.45, 7) is 8.51. The standard InChI is InChI=1S/C22H36N6O4/c1-4-6-13-32-21-25-19(23)18-20(26-21)28(22(24-18)30-3)12-8-11-27-10-7-9-16(15-27)14-17(29)31-5-2/h16H,4-15H2,1-3H3,(H2,23,25,26). The van der Waals surface area contributed by atoms with Crippen LogP contribution in [0.3, 0.4) is 0 Å². The molecule has 0 spiro atoms. The number of fused-ring (bicyclic) bond motifs is 1. The van der Waals surface area contributed by atoms with E-state index in [4.69, 9.17) is 19.9 Å². The molecule has 0 amide bonds. The normalized spacial score (nSPS) is 16.9. The third-order valence-corrected chi connectivity index (χ3v) is 5.70. The van der Waals surface area contributed by atoms with E-state index in [-0.39, 0.29) is 17.8 Å². The molecule has 32 heavy (non-hydrogen) atoms. The minimum Gasteiger partial charge on any atom is -0.468 e. The van der Waals surface area contributed by atoms with Gasteiger partial charge < -0.3 is 24.8 Å². The number of aryl methyl sites for hydroxylation is 1. The molecule has 10 nitrogen and oxygen atoms in total. The van der Waals surface area contributed by atoms with Gasteiger partial charge in [-0.2, -0.15) is 15.0 Å². The molecule has 0 aliphatic carbocycles. The summed E-state index contributed by atoms with van der Waals surface area (Å²) in [6, 6.07) is 0.732. The van der Waals surface area contributed by atoms with Crippen molar-refractivity contribution in [2.24, 2.45) is 5.92 Å². The zero-order valence-electron chi connectivity index (χ0n) is 19.5. The summed E-state index contributed by atoms with van der Waals surface area (Å²) in [5, 5.41) is 0. The number of piperidine rings is 1. The van der Waals surface area contributed by atoms with Gasteiger partial charge in [0.2, 0.25) is 0 Å². The van der Waals surface area contributed by atoms with E-state index >= 15 is 0 Å². The SMILES string of the molecule is CCCCOc1nc(N)c2nc(OC)n(CCCN3CCCC(CC(=O)OCC)C3)c2n1. The maximum Gasteiger partial charge on any atom is 0.320 e. The van der Waals surface area contributed by atoms with Crippen molar-refractivity contribution in [3.8, 4) is 12.0 Å². The van der Waals surface area contributed by atoms with Gasteiger partial charge >= 0.3 is 12.0 Å². The van der Waals surface area contributed by atoms with Crippen molar-refractivity contribution in [1.82, 2.24) is 24.4 Å². The average molecular weight is 449 g/mol. The molecule has 2 aromatic rings. The number of carbonyl (C=O) groups is 1. The monoisotopic (exact) mass is 448 g/mol. The van der Waals surface area contributed by atoms with Crippen LogP contribution in [-0.2, 0) is 16.1 Å². The number of carbonyl (C=O) groups excluding carboxylic acids is 1. The minimum atomic E-state index is -0.0943. The molecule has 0 bridgehead atoms. The van der Waals surface area contributed by atoms with Gasteiger partial charge in [0.1, 0.15) is 0 Å². The highest BCUT2D eigenvalue weighted by atomic mass is 16.5. The number of methoxy groups -OCH3 is 1. The fraction of sp³-hybridized carbons (Fsp3) is 0.727. The third kappa shape index (κ3) is 6.21. The number of nitrogens with zero attached hydrogens (tertiary/aromatic N) is 5. The Morgan fingerprint density at radius 1 is 1.19 bits per heavy atom. The highest BCUT2D eigenvalue weighted by Crippen LogP contribution is 2.26. The van der Waals surface area contributed by atoms with E-state index in [0.29, 0.717) is 49.3 Å². The number of esters is 1. The Bertz CT molecular complexity index is 887. The van der Waals surface area contributed by atoms with Gasteiger partial charge in [0.25, 0.3) is 6.01 Å². The number of rotatable bonds is 12. The van der Waals surface area contributed by atoms with Crippen LogP contribution in [0.5, 0.6) is 12.0 Å². The number of hydrogen-bond acceptors (Lipinski definition) is 9. The quantitative estimate of drug-likeness (QED) is 0.386. The van der Waals surface area contributed by atoms with E-state index in [9.17, 15) is 4.79 Å². The van der Waals surface area contributed by atoms with Gasteiger partial charge in [-0.15, -0.1) is 0 Å². The van der Waals surface area contributed by atoms with E-state index in [2.05, 4.69) is 26.8 Å². The number of aromatic nitrogens is 4. The Morgan fingerprint density at radius 2 is 2.03 bits per heavy atom. The van der Waals surface area contributed by atoms with Crippen LogP contribution in [0, 0.1) is 5.92 Å². The molecule has 1 atom stereocenters. The van der Waals surface area contributed by atoms with Crippen molar-refractivity contribution >= 4 is 23.0 Å². The average Bonchev–Trinajstić information content (AvgIpc) is 3.13. The molecule has 3 rings (SSSR count). The smallest absolute Gasteiger partial charge is 0.320 e. The van der Waals surface area contributed by atoms with E-state index in [1.165, 1.54) is 0 Å². The predicted octanol–water partition coefficient (Wildman–Crippen LogP) is 2.65. The van der Waals surface area contributed by atoms with E-state index in [1.807, 2.05) is 11.5 Å².